The van der Waals surface area contributed by atoms with Crippen LogP contribution in [0, 0.1) is 5.82 Å². The molecule has 5 rings (SSSR count). The van der Waals surface area contributed by atoms with Crippen molar-refractivity contribution in [3.05, 3.63) is 72.2 Å². The van der Waals surface area contributed by atoms with Crippen molar-refractivity contribution in [1.82, 2.24) is 24.3 Å². The number of piperidine rings is 1. The van der Waals surface area contributed by atoms with Crippen molar-refractivity contribution in [2.45, 2.75) is 31.3 Å². The van der Waals surface area contributed by atoms with Crippen molar-refractivity contribution in [1.29, 1.82) is 0 Å². The Labute approximate surface area is 181 Å². The molecule has 2 aliphatic heterocycles. The molecule has 0 aliphatic carbocycles. The third-order valence-electron chi connectivity index (χ3n) is 6.78. The Morgan fingerprint density at radius 1 is 1.06 bits per heavy atom. The van der Waals surface area contributed by atoms with Crippen LogP contribution in [0.1, 0.15) is 24.4 Å². The third kappa shape index (κ3) is 3.53. The van der Waals surface area contributed by atoms with Gasteiger partial charge in [-0.05, 0) is 44.2 Å². The first-order chi connectivity index (χ1) is 15.1. The fourth-order valence-corrected chi connectivity index (χ4v) is 4.99. The summed E-state index contributed by atoms with van der Waals surface area (Å²) < 4.78 is 16.0. The van der Waals surface area contributed by atoms with Crippen LogP contribution in [0.15, 0.2) is 54.9 Å². The highest BCUT2D eigenvalue weighted by Crippen LogP contribution is 2.41. The minimum atomic E-state index is -0.240. The van der Waals surface area contributed by atoms with Gasteiger partial charge in [0, 0.05) is 43.6 Å². The fraction of sp³-hybridized carbons (Fsp3) is 0.375. The van der Waals surface area contributed by atoms with E-state index in [0.29, 0.717) is 19.5 Å². The van der Waals surface area contributed by atoms with Gasteiger partial charge in [0.25, 0.3) is 0 Å². The lowest BCUT2D eigenvalue weighted by Gasteiger charge is -2.49. The number of carbonyl (C=O) groups excluding carboxylic acids is 1. The van der Waals surface area contributed by atoms with Crippen LogP contribution < -0.4 is 0 Å². The normalized spacial score (nSPS) is 18.2. The Hall–Kier alpha value is -3.06. The number of aromatic nitrogens is 3. The highest BCUT2D eigenvalue weighted by atomic mass is 19.1. The van der Waals surface area contributed by atoms with Gasteiger partial charge in [-0.1, -0.05) is 18.2 Å². The van der Waals surface area contributed by atoms with E-state index in [1.54, 1.807) is 18.3 Å². The predicted molar refractivity (Wildman–Crippen MR) is 116 cm³/mol. The Balaban J connectivity index is 1.37. The number of imidazole rings is 1. The summed E-state index contributed by atoms with van der Waals surface area (Å²) in [7, 11) is 2.14. The van der Waals surface area contributed by atoms with E-state index in [1.807, 2.05) is 35.4 Å². The van der Waals surface area contributed by atoms with Gasteiger partial charge in [0.2, 0.25) is 5.91 Å². The van der Waals surface area contributed by atoms with Gasteiger partial charge in [0.15, 0.2) is 0 Å². The van der Waals surface area contributed by atoms with Crippen molar-refractivity contribution in [3.8, 4) is 11.3 Å². The number of nitrogens with zero attached hydrogens (tertiary/aromatic N) is 5. The molecule has 3 aromatic rings. The molecule has 2 aromatic heterocycles. The van der Waals surface area contributed by atoms with Crippen LogP contribution in [0.25, 0.3) is 11.3 Å². The SMILES string of the molecule is CN1CCn2c(-c3cccc(F)c3)cnc2C12CCN(C(=O)Cc1ccccn1)CC2. The maximum Gasteiger partial charge on any atom is 0.228 e. The zero-order valence-corrected chi connectivity index (χ0v) is 17.7. The van der Waals surface area contributed by atoms with E-state index in [-0.39, 0.29) is 17.3 Å². The number of benzene rings is 1. The van der Waals surface area contributed by atoms with Gasteiger partial charge >= 0.3 is 0 Å². The molecule has 0 N–H and O–H groups in total. The smallest absolute Gasteiger partial charge is 0.228 e. The fourth-order valence-electron chi connectivity index (χ4n) is 4.99. The number of carbonyl (C=O) groups is 1. The Kier molecular flexibility index (Phi) is 5.06. The van der Waals surface area contributed by atoms with Gasteiger partial charge in [-0.2, -0.15) is 0 Å². The molecule has 0 radical (unpaired) electrons. The first-order valence-electron chi connectivity index (χ1n) is 10.8. The molecule has 1 fully saturated rings. The predicted octanol–water partition coefficient (Wildman–Crippen LogP) is 3.09. The minimum absolute atomic E-state index is 0.121. The minimum Gasteiger partial charge on any atom is -0.342 e. The summed E-state index contributed by atoms with van der Waals surface area (Å²) in [5.74, 6) is 0.906. The second kappa shape index (κ2) is 7.89. The second-order valence-corrected chi connectivity index (χ2v) is 8.46. The largest absolute Gasteiger partial charge is 0.342 e. The van der Waals surface area contributed by atoms with Crippen molar-refractivity contribution < 1.29 is 9.18 Å². The highest BCUT2D eigenvalue weighted by Gasteiger charge is 2.46. The quantitative estimate of drug-likeness (QED) is 0.655. The lowest BCUT2D eigenvalue weighted by Crippen LogP contribution is -2.57. The monoisotopic (exact) mass is 419 g/mol. The molecule has 6 nitrogen and oxygen atoms in total. The molecule has 4 heterocycles. The molecule has 2 aliphatic rings. The number of amides is 1. The van der Waals surface area contributed by atoms with E-state index < -0.39 is 0 Å². The number of hydrogen-bond acceptors (Lipinski definition) is 4. The van der Waals surface area contributed by atoms with E-state index in [1.165, 1.54) is 6.07 Å². The van der Waals surface area contributed by atoms with Crippen LogP contribution in [0.4, 0.5) is 4.39 Å². The van der Waals surface area contributed by atoms with Crippen molar-refractivity contribution in [2.75, 3.05) is 26.7 Å². The summed E-state index contributed by atoms with van der Waals surface area (Å²) in [4.78, 5) is 26.2. The van der Waals surface area contributed by atoms with Gasteiger partial charge in [-0.3, -0.25) is 14.7 Å². The number of halogens is 1. The van der Waals surface area contributed by atoms with Gasteiger partial charge in [-0.25, -0.2) is 9.37 Å². The second-order valence-electron chi connectivity index (χ2n) is 8.46. The van der Waals surface area contributed by atoms with Gasteiger partial charge < -0.3 is 9.47 Å². The van der Waals surface area contributed by atoms with E-state index in [2.05, 4.69) is 21.5 Å². The van der Waals surface area contributed by atoms with Gasteiger partial charge in [-0.15, -0.1) is 0 Å². The van der Waals surface area contributed by atoms with E-state index in [0.717, 1.165) is 48.7 Å². The molecule has 1 saturated heterocycles. The molecule has 0 atom stereocenters. The number of likely N-dealkylation sites (tertiary alicyclic amines) is 1. The van der Waals surface area contributed by atoms with Crippen LogP contribution >= 0.6 is 0 Å². The molecule has 7 heteroatoms. The topological polar surface area (TPSA) is 54.3 Å². The standard InChI is InChI=1S/C24H26FN5O/c1-28-13-14-30-21(18-5-4-6-19(25)15-18)17-27-23(30)24(28)8-11-29(12-9-24)22(31)16-20-7-2-3-10-26-20/h2-7,10,15,17H,8-9,11-14,16H2,1H3. The van der Waals surface area contributed by atoms with E-state index >= 15 is 0 Å². The summed E-state index contributed by atoms with van der Waals surface area (Å²) in [6, 6.07) is 12.4. The summed E-state index contributed by atoms with van der Waals surface area (Å²) in [6.45, 7) is 3.10. The summed E-state index contributed by atoms with van der Waals surface area (Å²) in [5, 5.41) is 0. The summed E-state index contributed by atoms with van der Waals surface area (Å²) >= 11 is 0. The van der Waals surface area contributed by atoms with E-state index in [4.69, 9.17) is 4.98 Å². The number of fused-ring (bicyclic) bond motifs is 2. The zero-order chi connectivity index (χ0) is 21.4. The average molecular weight is 420 g/mol. The maximum atomic E-state index is 13.8. The zero-order valence-electron chi connectivity index (χ0n) is 17.7. The lowest BCUT2D eigenvalue weighted by molar-refractivity contribution is -0.133. The number of hydrogen-bond donors (Lipinski definition) is 0. The van der Waals surface area contributed by atoms with Gasteiger partial charge in [0.05, 0.1) is 23.9 Å². The molecular weight excluding hydrogens is 393 g/mol. The lowest BCUT2D eigenvalue weighted by atomic mass is 9.83. The Morgan fingerprint density at radius 3 is 2.65 bits per heavy atom. The molecule has 31 heavy (non-hydrogen) atoms. The Morgan fingerprint density at radius 2 is 1.90 bits per heavy atom. The van der Waals surface area contributed by atoms with Crippen molar-refractivity contribution >= 4 is 5.91 Å². The van der Waals surface area contributed by atoms with Crippen molar-refractivity contribution in [2.24, 2.45) is 0 Å². The molecule has 0 saturated carbocycles. The number of likely N-dealkylation sites (N-methyl/N-ethyl adjacent to an activating group) is 1. The van der Waals surface area contributed by atoms with Crippen LogP contribution in [0.2, 0.25) is 0 Å². The molecular formula is C24H26FN5O. The molecule has 1 amide bonds. The summed E-state index contributed by atoms with van der Waals surface area (Å²) in [5.41, 5.74) is 2.40. The average Bonchev–Trinajstić information content (AvgIpc) is 3.23. The Bertz CT molecular complexity index is 1090. The molecule has 0 unspecified atom stereocenters. The molecule has 160 valence electrons. The van der Waals surface area contributed by atoms with Crippen LogP contribution in [0.5, 0.6) is 0 Å². The van der Waals surface area contributed by atoms with Crippen LogP contribution in [-0.2, 0) is 23.3 Å². The molecule has 1 aromatic carbocycles. The van der Waals surface area contributed by atoms with E-state index in [9.17, 15) is 9.18 Å². The molecule has 1 spiro atoms. The van der Waals surface area contributed by atoms with Gasteiger partial charge in [0.1, 0.15) is 11.6 Å². The third-order valence-corrected chi connectivity index (χ3v) is 6.78. The van der Waals surface area contributed by atoms with Crippen LogP contribution in [0.3, 0.4) is 0 Å². The van der Waals surface area contributed by atoms with Crippen LogP contribution in [-0.4, -0.2) is 56.9 Å². The summed E-state index contributed by atoms with van der Waals surface area (Å²) in [6.07, 6.45) is 5.58. The number of rotatable bonds is 3. The first kappa shape index (κ1) is 19.9. The number of pyridine rings is 1. The maximum absolute atomic E-state index is 13.8. The van der Waals surface area contributed by atoms with Crippen molar-refractivity contribution in [3.63, 3.8) is 0 Å². The highest BCUT2D eigenvalue weighted by molar-refractivity contribution is 5.78. The first-order valence-corrected chi connectivity index (χ1v) is 10.8. The molecule has 0 bridgehead atoms.